The summed E-state index contributed by atoms with van der Waals surface area (Å²) in [6, 6.07) is 16.0. The zero-order valence-electron chi connectivity index (χ0n) is 16.7. The van der Waals surface area contributed by atoms with Crippen LogP contribution in [0.1, 0.15) is 38.8 Å². The number of hydrogen-bond donors (Lipinski definition) is 1. The molecule has 0 radical (unpaired) electrons. The molecule has 0 aliphatic carbocycles. The number of thioether (sulfide) groups is 1. The van der Waals surface area contributed by atoms with Crippen molar-refractivity contribution in [1.82, 2.24) is 10.2 Å². The number of nitrogens with zero attached hydrogens (tertiary/aromatic N) is 2. The first kappa shape index (κ1) is 20.1. The molecule has 0 aliphatic heterocycles. The van der Waals surface area contributed by atoms with Crippen molar-refractivity contribution >= 4 is 23.4 Å². The lowest BCUT2D eigenvalue weighted by Crippen LogP contribution is -2.14. The van der Waals surface area contributed by atoms with Crippen LogP contribution in [0.2, 0.25) is 0 Å². The molecular weight excluding hydrogens is 370 g/mol. The van der Waals surface area contributed by atoms with Crippen LogP contribution >= 0.6 is 11.8 Å². The number of carbonyl (C=O) groups is 1. The van der Waals surface area contributed by atoms with E-state index in [-0.39, 0.29) is 17.1 Å². The average molecular weight is 396 g/mol. The number of rotatable bonds is 6. The number of amides is 1. The summed E-state index contributed by atoms with van der Waals surface area (Å²) in [5.74, 6) is 0.563. The average Bonchev–Trinajstić information content (AvgIpc) is 3.15. The maximum atomic E-state index is 12.2. The Bertz CT molecular complexity index is 943. The van der Waals surface area contributed by atoms with Gasteiger partial charge < -0.3 is 9.73 Å². The van der Waals surface area contributed by atoms with E-state index >= 15 is 0 Å². The number of hydrogen-bond acceptors (Lipinski definition) is 5. The molecule has 0 bridgehead atoms. The smallest absolute Gasteiger partial charge is 0.277 e. The predicted molar refractivity (Wildman–Crippen MR) is 114 cm³/mol. The van der Waals surface area contributed by atoms with Gasteiger partial charge in [0.15, 0.2) is 0 Å². The van der Waals surface area contributed by atoms with Gasteiger partial charge in [-0.25, -0.2) is 0 Å². The fourth-order valence-corrected chi connectivity index (χ4v) is 3.25. The van der Waals surface area contributed by atoms with Gasteiger partial charge in [-0.3, -0.25) is 4.79 Å². The van der Waals surface area contributed by atoms with Crippen LogP contribution in [0.15, 0.2) is 58.2 Å². The highest BCUT2D eigenvalue weighted by atomic mass is 32.2. The molecular formula is C22H25N3O2S. The molecule has 3 rings (SSSR count). The van der Waals surface area contributed by atoms with Crippen LogP contribution in [0.4, 0.5) is 5.69 Å². The van der Waals surface area contributed by atoms with Gasteiger partial charge in [0.05, 0.1) is 5.75 Å². The van der Waals surface area contributed by atoms with E-state index in [4.69, 9.17) is 4.42 Å². The quantitative estimate of drug-likeness (QED) is 0.572. The standard InChI is InChI=1S/C22H25N3O2S/c1-5-15-7-6-8-18(13-15)23-19(26)14-28-21-25-24-20(27-21)16-9-11-17(12-10-16)22(2,3)4/h6-13H,5,14H2,1-4H3,(H,23,26). The predicted octanol–water partition coefficient (Wildman–Crippen LogP) is 5.33. The Hall–Kier alpha value is -2.60. The first-order valence-electron chi connectivity index (χ1n) is 9.31. The molecule has 1 heterocycles. The van der Waals surface area contributed by atoms with Crippen molar-refractivity contribution in [2.75, 3.05) is 11.1 Å². The van der Waals surface area contributed by atoms with Crippen molar-refractivity contribution < 1.29 is 9.21 Å². The van der Waals surface area contributed by atoms with Crippen LogP contribution in [-0.2, 0) is 16.6 Å². The Morgan fingerprint density at radius 2 is 1.86 bits per heavy atom. The Kier molecular flexibility index (Phi) is 6.19. The van der Waals surface area contributed by atoms with E-state index in [0.29, 0.717) is 11.1 Å². The van der Waals surface area contributed by atoms with Crippen molar-refractivity contribution in [2.45, 2.75) is 44.8 Å². The lowest BCUT2D eigenvalue weighted by molar-refractivity contribution is -0.113. The van der Waals surface area contributed by atoms with Gasteiger partial charge in [0.25, 0.3) is 5.22 Å². The molecule has 0 saturated heterocycles. The molecule has 0 spiro atoms. The lowest BCUT2D eigenvalue weighted by Gasteiger charge is -2.18. The van der Waals surface area contributed by atoms with E-state index in [1.165, 1.54) is 22.9 Å². The van der Waals surface area contributed by atoms with Crippen LogP contribution in [-0.4, -0.2) is 21.9 Å². The third kappa shape index (κ3) is 5.23. The number of benzene rings is 2. The summed E-state index contributed by atoms with van der Waals surface area (Å²) in [5.41, 5.74) is 4.19. The van der Waals surface area contributed by atoms with E-state index in [9.17, 15) is 4.79 Å². The van der Waals surface area contributed by atoms with Crippen molar-refractivity contribution in [1.29, 1.82) is 0 Å². The summed E-state index contributed by atoms with van der Waals surface area (Å²) < 4.78 is 5.69. The maximum absolute atomic E-state index is 12.2. The van der Waals surface area contributed by atoms with Crippen molar-refractivity contribution in [3.63, 3.8) is 0 Å². The monoisotopic (exact) mass is 395 g/mol. The summed E-state index contributed by atoms with van der Waals surface area (Å²) in [4.78, 5) is 12.2. The summed E-state index contributed by atoms with van der Waals surface area (Å²) in [6.07, 6.45) is 0.931. The van der Waals surface area contributed by atoms with E-state index in [1.807, 2.05) is 36.4 Å². The SMILES string of the molecule is CCc1cccc(NC(=O)CSc2nnc(-c3ccc(C(C)(C)C)cc3)o2)c1. The van der Waals surface area contributed by atoms with Crippen molar-refractivity contribution in [2.24, 2.45) is 0 Å². The highest BCUT2D eigenvalue weighted by molar-refractivity contribution is 7.99. The molecule has 0 aliphatic rings. The fraction of sp³-hybridized carbons (Fsp3) is 0.318. The van der Waals surface area contributed by atoms with Gasteiger partial charge in [0.1, 0.15) is 0 Å². The minimum Gasteiger partial charge on any atom is -0.411 e. The van der Waals surface area contributed by atoms with Crippen molar-refractivity contribution in [3.05, 3.63) is 59.7 Å². The van der Waals surface area contributed by atoms with Crippen molar-refractivity contribution in [3.8, 4) is 11.5 Å². The van der Waals surface area contributed by atoms with Gasteiger partial charge in [0, 0.05) is 11.3 Å². The molecule has 0 unspecified atom stereocenters. The summed E-state index contributed by atoms with van der Waals surface area (Å²) in [7, 11) is 0. The summed E-state index contributed by atoms with van der Waals surface area (Å²) in [6.45, 7) is 8.60. The second-order valence-corrected chi connectivity index (χ2v) is 8.52. The Morgan fingerprint density at radius 1 is 1.11 bits per heavy atom. The van der Waals surface area contributed by atoms with Gasteiger partial charge in [-0.2, -0.15) is 0 Å². The van der Waals surface area contributed by atoms with Crippen LogP contribution in [0.5, 0.6) is 0 Å². The zero-order chi connectivity index (χ0) is 20.1. The first-order valence-corrected chi connectivity index (χ1v) is 10.3. The second kappa shape index (κ2) is 8.61. The van der Waals surface area contributed by atoms with E-state index in [0.717, 1.165) is 17.7 Å². The number of carbonyl (C=O) groups excluding carboxylic acids is 1. The third-order valence-corrected chi connectivity index (χ3v) is 5.17. The Labute approximate surface area is 170 Å². The number of nitrogens with one attached hydrogen (secondary N) is 1. The molecule has 6 heteroatoms. The van der Waals surface area contributed by atoms with E-state index in [1.54, 1.807) is 0 Å². The molecule has 28 heavy (non-hydrogen) atoms. The van der Waals surface area contributed by atoms with Gasteiger partial charge in [-0.1, -0.05) is 63.7 Å². The number of aromatic nitrogens is 2. The highest BCUT2D eigenvalue weighted by Crippen LogP contribution is 2.27. The highest BCUT2D eigenvalue weighted by Gasteiger charge is 2.15. The molecule has 0 atom stereocenters. The summed E-state index contributed by atoms with van der Waals surface area (Å²) >= 11 is 1.23. The summed E-state index contributed by atoms with van der Waals surface area (Å²) in [5, 5.41) is 11.4. The first-order chi connectivity index (χ1) is 13.3. The zero-order valence-corrected chi connectivity index (χ0v) is 17.5. The molecule has 3 aromatic rings. The van der Waals surface area contributed by atoms with Gasteiger partial charge in [0.2, 0.25) is 11.8 Å². The van der Waals surface area contributed by atoms with Gasteiger partial charge >= 0.3 is 0 Å². The molecule has 1 amide bonds. The minimum absolute atomic E-state index is 0.0956. The topological polar surface area (TPSA) is 68.0 Å². The number of anilines is 1. The van der Waals surface area contributed by atoms with Gasteiger partial charge in [-0.05, 0) is 47.2 Å². The van der Waals surface area contributed by atoms with E-state index < -0.39 is 0 Å². The van der Waals surface area contributed by atoms with E-state index in [2.05, 4.69) is 55.3 Å². The lowest BCUT2D eigenvalue weighted by atomic mass is 9.87. The number of aryl methyl sites for hydroxylation is 1. The molecule has 5 nitrogen and oxygen atoms in total. The van der Waals surface area contributed by atoms with Crippen LogP contribution in [0.25, 0.3) is 11.5 Å². The van der Waals surface area contributed by atoms with Crippen LogP contribution in [0, 0.1) is 0 Å². The fourth-order valence-electron chi connectivity index (χ4n) is 2.69. The Morgan fingerprint density at radius 3 is 2.54 bits per heavy atom. The van der Waals surface area contributed by atoms with Crippen LogP contribution < -0.4 is 5.32 Å². The molecule has 1 N–H and O–H groups in total. The molecule has 146 valence electrons. The molecule has 1 aromatic heterocycles. The molecule has 0 fully saturated rings. The maximum Gasteiger partial charge on any atom is 0.277 e. The minimum atomic E-state index is -0.104. The molecule has 0 saturated carbocycles. The second-order valence-electron chi connectivity index (χ2n) is 7.59. The molecule has 2 aromatic carbocycles. The van der Waals surface area contributed by atoms with Gasteiger partial charge in [-0.15, -0.1) is 10.2 Å². The third-order valence-electron chi connectivity index (χ3n) is 4.35. The largest absolute Gasteiger partial charge is 0.411 e. The normalized spacial score (nSPS) is 11.4. The Balaban J connectivity index is 1.57. The van der Waals surface area contributed by atoms with Crippen LogP contribution in [0.3, 0.4) is 0 Å².